The maximum Gasteiger partial charge on any atom is 0.352 e. The molecule has 3 heterocycles. The Morgan fingerprint density at radius 1 is 1.13 bits per heavy atom. The number of furan rings is 1. The molecule has 0 aromatic carbocycles. The van der Waals surface area contributed by atoms with Gasteiger partial charge in [-0.25, -0.2) is 0 Å². The van der Waals surface area contributed by atoms with Crippen molar-refractivity contribution >= 4 is 11.8 Å². The van der Waals surface area contributed by atoms with Gasteiger partial charge in [0.1, 0.15) is 5.70 Å². The van der Waals surface area contributed by atoms with Crippen LogP contribution in [0.15, 0.2) is 34.2 Å². The summed E-state index contributed by atoms with van der Waals surface area (Å²) >= 11 is 0. The van der Waals surface area contributed by atoms with E-state index in [1.807, 2.05) is 9.80 Å². The summed E-state index contributed by atoms with van der Waals surface area (Å²) in [5.41, 5.74) is 0.367. The normalized spacial score (nSPS) is 26.8. The predicted molar refractivity (Wildman–Crippen MR) is 110 cm³/mol. The fourth-order valence-electron chi connectivity index (χ4n) is 5.43. The summed E-state index contributed by atoms with van der Waals surface area (Å²) < 4.78 is 5.22. The van der Waals surface area contributed by atoms with Gasteiger partial charge in [0, 0.05) is 44.7 Å². The molecule has 0 N–H and O–H groups in total. The Hall–Kier alpha value is -2.84. The molecule has 2 aliphatic heterocycles. The first-order chi connectivity index (χ1) is 15.0. The van der Waals surface area contributed by atoms with Crippen LogP contribution in [0.5, 0.6) is 0 Å². The zero-order valence-electron chi connectivity index (χ0n) is 17.6. The Morgan fingerprint density at radius 3 is 2.52 bits per heavy atom. The number of hydrogen-bond acceptors (Lipinski definition) is 6. The predicted octanol–water partition coefficient (Wildman–Crippen LogP) is 2.34. The van der Waals surface area contributed by atoms with Crippen LogP contribution in [-0.2, 0) is 4.79 Å². The fourth-order valence-corrected chi connectivity index (χ4v) is 5.43. The van der Waals surface area contributed by atoms with E-state index in [9.17, 15) is 19.7 Å². The zero-order valence-corrected chi connectivity index (χ0v) is 17.6. The Kier molecular flexibility index (Phi) is 5.19. The van der Waals surface area contributed by atoms with E-state index in [1.54, 1.807) is 17.0 Å². The van der Waals surface area contributed by atoms with Gasteiger partial charge in [0.15, 0.2) is 5.76 Å². The lowest BCUT2D eigenvalue weighted by Crippen LogP contribution is -2.57. The third-order valence-corrected chi connectivity index (χ3v) is 7.16. The third kappa shape index (κ3) is 3.70. The molecule has 2 unspecified atom stereocenters. The molecular formula is C22H28N4O5. The van der Waals surface area contributed by atoms with Crippen LogP contribution in [-0.4, -0.2) is 70.2 Å². The van der Waals surface area contributed by atoms with Gasteiger partial charge in [-0.1, -0.05) is 12.8 Å². The largest absolute Gasteiger partial charge is 0.459 e. The summed E-state index contributed by atoms with van der Waals surface area (Å²) in [6.45, 7) is 2.52. The molecule has 2 aliphatic carbocycles. The average molecular weight is 428 g/mol. The van der Waals surface area contributed by atoms with Crippen LogP contribution in [0.1, 0.15) is 49.1 Å². The quantitative estimate of drug-likeness (QED) is 0.527. The lowest BCUT2D eigenvalue weighted by Gasteiger charge is -2.47. The summed E-state index contributed by atoms with van der Waals surface area (Å²) in [6.07, 6.45) is 7.56. The summed E-state index contributed by atoms with van der Waals surface area (Å²) in [5, 5.41) is 12.1. The van der Waals surface area contributed by atoms with Gasteiger partial charge in [0.2, 0.25) is 0 Å². The topological polar surface area (TPSA) is 100 Å². The van der Waals surface area contributed by atoms with E-state index >= 15 is 0 Å². The highest BCUT2D eigenvalue weighted by atomic mass is 16.6. The number of amides is 2. The Labute approximate surface area is 180 Å². The average Bonchev–Trinajstić information content (AvgIpc) is 3.43. The van der Waals surface area contributed by atoms with Crippen molar-refractivity contribution in [3.8, 4) is 0 Å². The van der Waals surface area contributed by atoms with Gasteiger partial charge in [0.05, 0.1) is 11.2 Å². The number of piperazine rings is 1. The van der Waals surface area contributed by atoms with Crippen molar-refractivity contribution in [2.75, 3.05) is 32.7 Å². The van der Waals surface area contributed by atoms with Crippen LogP contribution >= 0.6 is 0 Å². The third-order valence-electron chi connectivity index (χ3n) is 7.16. The number of carbonyl (C=O) groups is 2. The van der Waals surface area contributed by atoms with Crippen LogP contribution < -0.4 is 0 Å². The van der Waals surface area contributed by atoms with Crippen LogP contribution in [0.2, 0.25) is 0 Å². The Balaban J connectivity index is 1.40. The Bertz CT molecular complexity index is 899. The molecule has 2 saturated carbocycles. The summed E-state index contributed by atoms with van der Waals surface area (Å²) in [4.78, 5) is 43.0. The molecule has 31 heavy (non-hydrogen) atoms. The maximum absolute atomic E-state index is 13.3. The van der Waals surface area contributed by atoms with Crippen molar-refractivity contribution in [1.82, 2.24) is 14.7 Å². The molecule has 5 rings (SSSR count). The fraction of sp³-hybridized carbons (Fsp3) is 0.636. The summed E-state index contributed by atoms with van der Waals surface area (Å²) in [5.74, 6) is 0.229. The van der Waals surface area contributed by atoms with Crippen molar-refractivity contribution in [3.05, 3.63) is 45.7 Å². The molecule has 166 valence electrons. The van der Waals surface area contributed by atoms with Crippen molar-refractivity contribution in [3.63, 3.8) is 0 Å². The molecule has 0 spiro atoms. The molecule has 1 aromatic heterocycles. The first-order valence-corrected chi connectivity index (χ1v) is 11.3. The van der Waals surface area contributed by atoms with E-state index in [0.29, 0.717) is 50.1 Å². The molecule has 1 saturated heterocycles. The van der Waals surface area contributed by atoms with E-state index in [1.165, 1.54) is 6.26 Å². The highest BCUT2D eigenvalue weighted by Crippen LogP contribution is 2.43. The summed E-state index contributed by atoms with van der Waals surface area (Å²) in [7, 11) is 0. The molecule has 9 heteroatoms. The SMILES string of the molecule is O=C(c1ccco1)N1CCN(C2=C([N+](=O)[O-])C(=O)N(CC3CC3)C3CCCCC23)CC1. The highest BCUT2D eigenvalue weighted by molar-refractivity contribution is 5.93. The number of nitrogens with zero attached hydrogens (tertiary/aromatic N) is 4. The van der Waals surface area contributed by atoms with Gasteiger partial charge >= 0.3 is 11.6 Å². The monoisotopic (exact) mass is 428 g/mol. The molecule has 2 atom stereocenters. The minimum absolute atomic E-state index is 0.0120. The maximum atomic E-state index is 13.3. The number of fused-ring (bicyclic) bond motifs is 1. The second kappa shape index (κ2) is 8.01. The van der Waals surface area contributed by atoms with Gasteiger partial charge in [-0.3, -0.25) is 19.7 Å². The molecule has 9 nitrogen and oxygen atoms in total. The van der Waals surface area contributed by atoms with E-state index in [4.69, 9.17) is 4.42 Å². The number of nitro groups is 1. The minimum Gasteiger partial charge on any atom is -0.459 e. The molecule has 0 radical (unpaired) electrons. The molecule has 0 bridgehead atoms. The van der Waals surface area contributed by atoms with Gasteiger partial charge in [0.25, 0.3) is 5.91 Å². The highest BCUT2D eigenvalue weighted by Gasteiger charge is 2.50. The Morgan fingerprint density at radius 2 is 1.87 bits per heavy atom. The van der Waals surface area contributed by atoms with E-state index in [-0.39, 0.29) is 23.6 Å². The van der Waals surface area contributed by atoms with E-state index in [0.717, 1.165) is 38.5 Å². The molecule has 4 aliphatic rings. The molecule has 1 aromatic rings. The van der Waals surface area contributed by atoms with Crippen LogP contribution in [0.4, 0.5) is 0 Å². The van der Waals surface area contributed by atoms with Crippen molar-refractivity contribution in [1.29, 1.82) is 0 Å². The summed E-state index contributed by atoms with van der Waals surface area (Å²) in [6, 6.07) is 3.38. The molecule has 2 amide bonds. The lowest BCUT2D eigenvalue weighted by atomic mass is 9.77. The molecule has 3 fully saturated rings. The van der Waals surface area contributed by atoms with E-state index in [2.05, 4.69) is 0 Å². The van der Waals surface area contributed by atoms with Crippen molar-refractivity contribution < 1.29 is 18.9 Å². The lowest BCUT2D eigenvalue weighted by molar-refractivity contribution is -0.424. The van der Waals surface area contributed by atoms with E-state index < -0.39 is 10.8 Å². The van der Waals surface area contributed by atoms with Gasteiger partial charge in [-0.05, 0) is 43.7 Å². The minimum atomic E-state index is -0.469. The van der Waals surface area contributed by atoms with Crippen molar-refractivity contribution in [2.24, 2.45) is 11.8 Å². The first kappa shape index (κ1) is 20.1. The van der Waals surface area contributed by atoms with Gasteiger partial charge in [-0.2, -0.15) is 0 Å². The van der Waals surface area contributed by atoms with Crippen LogP contribution in [0.3, 0.4) is 0 Å². The zero-order chi connectivity index (χ0) is 21.5. The van der Waals surface area contributed by atoms with Crippen molar-refractivity contribution in [2.45, 2.75) is 44.6 Å². The number of hydrogen-bond donors (Lipinski definition) is 0. The number of carbonyl (C=O) groups excluding carboxylic acids is 2. The smallest absolute Gasteiger partial charge is 0.352 e. The molecular weight excluding hydrogens is 400 g/mol. The first-order valence-electron chi connectivity index (χ1n) is 11.3. The number of rotatable bonds is 5. The second-order valence-electron chi connectivity index (χ2n) is 9.11. The van der Waals surface area contributed by atoms with Gasteiger partial charge in [-0.15, -0.1) is 0 Å². The van der Waals surface area contributed by atoms with Crippen LogP contribution in [0, 0.1) is 22.0 Å². The standard InChI is InChI=1S/C22H28N4O5/c27-21(18-6-3-13-31-18)24-11-9-23(10-12-24)19-16-4-1-2-5-17(16)25(14-15-7-8-15)22(28)20(19)26(29)30/h3,6,13,15-17H,1-2,4-5,7-12,14H2. The second-order valence-corrected chi connectivity index (χ2v) is 9.11. The van der Waals surface area contributed by atoms with Gasteiger partial charge < -0.3 is 19.1 Å². The van der Waals surface area contributed by atoms with Crippen LogP contribution in [0.25, 0.3) is 0 Å².